The van der Waals surface area contributed by atoms with Gasteiger partial charge in [0.25, 0.3) is 11.6 Å². The first kappa shape index (κ1) is 19.6. The highest BCUT2D eigenvalue weighted by molar-refractivity contribution is 7.99. The van der Waals surface area contributed by atoms with Crippen LogP contribution < -0.4 is 5.32 Å². The number of hydrogen-bond acceptors (Lipinski definition) is 7. The summed E-state index contributed by atoms with van der Waals surface area (Å²) in [7, 11) is 0. The summed E-state index contributed by atoms with van der Waals surface area (Å²) in [6.07, 6.45) is 0. The first-order chi connectivity index (χ1) is 13.3. The molecule has 1 heterocycles. The molecule has 0 atom stereocenters. The molecule has 28 heavy (non-hydrogen) atoms. The normalized spacial score (nSPS) is 10.9. The molecule has 1 amide bonds. The molecule has 0 bridgehead atoms. The molecule has 0 unspecified atom stereocenters. The Labute approximate surface area is 165 Å². The van der Waals surface area contributed by atoms with Gasteiger partial charge in [0.15, 0.2) is 0 Å². The van der Waals surface area contributed by atoms with Gasteiger partial charge in [0.2, 0.25) is 5.89 Å². The van der Waals surface area contributed by atoms with Crippen molar-refractivity contribution in [2.24, 2.45) is 0 Å². The molecule has 1 aromatic heterocycles. The van der Waals surface area contributed by atoms with E-state index in [2.05, 4.69) is 29.4 Å². The van der Waals surface area contributed by atoms with E-state index in [0.717, 1.165) is 10.5 Å². The van der Waals surface area contributed by atoms with Crippen LogP contribution in [0.5, 0.6) is 0 Å². The second-order valence-electron chi connectivity index (χ2n) is 6.32. The summed E-state index contributed by atoms with van der Waals surface area (Å²) < 4.78 is 5.53. The number of thioether (sulfide) groups is 1. The predicted octanol–water partition coefficient (Wildman–Crippen LogP) is 4.71. The van der Waals surface area contributed by atoms with Gasteiger partial charge in [-0.25, -0.2) is 0 Å². The molecular weight excluding hydrogens is 380 g/mol. The van der Waals surface area contributed by atoms with Crippen LogP contribution in [0.3, 0.4) is 0 Å². The summed E-state index contributed by atoms with van der Waals surface area (Å²) in [5.74, 6) is -0.293. The highest BCUT2D eigenvalue weighted by Crippen LogP contribution is 2.28. The number of benzene rings is 2. The van der Waals surface area contributed by atoms with Crippen LogP contribution in [0.2, 0.25) is 0 Å². The van der Waals surface area contributed by atoms with Gasteiger partial charge in [0.05, 0.1) is 4.92 Å². The third kappa shape index (κ3) is 4.55. The molecule has 8 nitrogen and oxygen atoms in total. The summed E-state index contributed by atoms with van der Waals surface area (Å²) in [6, 6.07) is 11.8. The maximum Gasteiger partial charge on any atom is 0.322 e. The van der Waals surface area contributed by atoms with Crippen LogP contribution in [0.4, 0.5) is 11.7 Å². The summed E-state index contributed by atoms with van der Waals surface area (Å²) in [5.41, 5.74) is 1.22. The van der Waals surface area contributed by atoms with E-state index in [0.29, 0.717) is 10.8 Å². The predicted molar refractivity (Wildman–Crippen MR) is 107 cm³/mol. The Morgan fingerprint density at radius 2 is 2.00 bits per heavy atom. The lowest BCUT2D eigenvalue weighted by Crippen LogP contribution is -2.12. The number of nitro groups is 1. The summed E-state index contributed by atoms with van der Waals surface area (Å²) in [6.45, 7) is 5.82. The van der Waals surface area contributed by atoms with Crippen molar-refractivity contribution in [3.63, 3.8) is 0 Å². The number of aromatic nitrogens is 2. The summed E-state index contributed by atoms with van der Waals surface area (Å²) >= 11 is 1.71. The highest BCUT2D eigenvalue weighted by atomic mass is 32.2. The Morgan fingerprint density at radius 3 is 2.71 bits per heavy atom. The Bertz CT molecular complexity index is 1030. The van der Waals surface area contributed by atoms with Crippen LogP contribution in [-0.4, -0.2) is 26.3 Å². The average molecular weight is 398 g/mol. The molecule has 144 valence electrons. The minimum Gasteiger partial charge on any atom is -0.403 e. The summed E-state index contributed by atoms with van der Waals surface area (Å²) in [5, 5.41) is 21.7. The zero-order valence-electron chi connectivity index (χ0n) is 15.5. The number of amides is 1. The number of nitro benzene ring substituents is 1. The first-order valence-corrected chi connectivity index (χ1v) is 9.38. The molecule has 0 saturated carbocycles. The van der Waals surface area contributed by atoms with Crippen molar-refractivity contribution in [2.45, 2.75) is 30.9 Å². The van der Waals surface area contributed by atoms with Crippen molar-refractivity contribution in [3.05, 3.63) is 63.7 Å². The molecule has 3 aromatic rings. The van der Waals surface area contributed by atoms with Gasteiger partial charge in [-0.1, -0.05) is 31.1 Å². The number of hydrogen-bond donors (Lipinski definition) is 1. The largest absolute Gasteiger partial charge is 0.403 e. The lowest BCUT2D eigenvalue weighted by atomic mass is 10.1. The molecule has 1 N–H and O–H groups in total. The lowest BCUT2D eigenvalue weighted by molar-refractivity contribution is -0.385. The Morgan fingerprint density at radius 1 is 1.21 bits per heavy atom. The molecule has 3 rings (SSSR count). The SMILES string of the molecule is Cc1ccc(C(=O)Nc2nnc(-c3cccc(SC(C)C)c3)o2)cc1[N+](=O)[O-]. The standard InChI is InChI=1S/C19H18N4O4S/c1-11(2)28-15-6-4-5-14(9-15)18-21-22-19(27-18)20-17(24)13-8-7-12(3)16(10-13)23(25)26/h4-11H,1-3H3,(H,20,22,24). The zero-order valence-corrected chi connectivity index (χ0v) is 16.3. The van der Waals surface area contributed by atoms with E-state index in [4.69, 9.17) is 4.42 Å². The second-order valence-corrected chi connectivity index (χ2v) is 7.97. The zero-order chi connectivity index (χ0) is 20.3. The molecule has 0 spiro atoms. The van der Waals surface area contributed by atoms with E-state index in [9.17, 15) is 14.9 Å². The van der Waals surface area contributed by atoms with Gasteiger partial charge in [0.1, 0.15) is 0 Å². The lowest BCUT2D eigenvalue weighted by Gasteiger charge is -2.05. The molecular formula is C19H18N4O4S. The van der Waals surface area contributed by atoms with E-state index in [-0.39, 0.29) is 23.2 Å². The molecule has 9 heteroatoms. The van der Waals surface area contributed by atoms with Crippen molar-refractivity contribution in [3.8, 4) is 11.5 Å². The number of aryl methyl sites for hydroxylation is 1. The van der Waals surface area contributed by atoms with Crippen molar-refractivity contribution < 1.29 is 14.1 Å². The topological polar surface area (TPSA) is 111 Å². The summed E-state index contributed by atoms with van der Waals surface area (Å²) in [4.78, 5) is 23.9. The fourth-order valence-electron chi connectivity index (χ4n) is 2.48. The van der Waals surface area contributed by atoms with E-state index in [1.54, 1.807) is 18.7 Å². The van der Waals surface area contributed by atoms with E-state index in [1.807, 2.05) is 24.3 Å². The maximum absolute atomic E-state index is 12.4. The van der Waals surface area contributed by atoms with Crippen LogP contribution in [0.15, 0.2) is 51.8 Å². The molecule has 0 aliphatic carbocycles. The van der Waals surface area contributed by atoms with Crippen LogP contribution in [0.1, 0.15) is 29.8 Å². The molecule has 0 radical (unpaired) electrons. The Balaban J connectivity index is 1.77. The fourth-order valence-corrected chi connectivity index (χ4v) is 3.38. The second kappa shape index (κ2) is 8.22. The van der Waals surface area contributed by atoms with Gasteiger partial charge >= 0.3 is 6.01 Å². The molecule has 2 aromatic carbocycles. The van der Waals surface area contributed by atoms with E-state index >= 15 is 0 Å². The Kier molecular flexibility index (Phi) is 5.74. The minimum atomic E-state index is -0.567. The quantitative estimate of drug-likeness (QED) is 0.364. The number of anilines is 1. The maximum atomic E-state index is 12.4. The molecule has 0 fully saturated rings. The average Bonchev–Trinajstić information content (AvgIpc) is 3.10. The van der Waals surface area contributed by atoms with E-state index < -0.39 is 10.8 Å². The van der Waals surface area contributed by atoms with E-state index in [1.165, 1.54) is 18.2 Å². The molecule has 0 aliphatic heterocycles. The van der Waals surface area contributed by atoms with Gasteiger partial charge in [-0.05, 0) is 31.2 Å². The fraction of sp³-hybridized carbons (Fsp3) is 0.211. The van der Waals surface area contributed by atoms with Crippen LogP contribution in [-0.2, 0) is 0 Å². The highest BCUT2D eigenvalue weighted by Gasteiger charge is 2.17. The number of carbonyl (C=O) groups excluding carboxylic acids is 1. The van der Waals surface area contributed by atoms with Crippen molar-refractivity contribution >= 4 is 29.4 Å². The van der Waals surface area contributed by atoms with Crippen molar-refractivity contribution in [2.75, 3.05) is 5.32 Å². The number of rotatable bonds is 6. The number of nitrogens with one attached hydrogen (secondary N) is 1. The first-order valence-electron chi connectivity index (χ1n) is 8.50. The van der Waals surface area contributed by atoms with Crippen LogP contribution in [0.25, 0.3) is 11.5 Å². The van der Waals surface area contributed by atoms with Gasteiger partial charge in [-0.15, -0.1) is 16.9 Å². The number of carbonyl (C=O) groups is 1. The third-order valence-electron chi connectivity index (χ3n) is 3.77. The third-order valence-corrected chi connectivity index (χ3v) is 4.76. The number of nitrogens with zero attached hydrogens (tertiary/aromatic N) is 3. The monoisotopic (exact) mass is 398 g/mol. The van der Waals surface area contributed by atoms with Crippen LogP contribution >= 0.6 is 11.8 Å². The van der Waals surface area contributed by atoms with Crippen LogP contribution in [0, 0.1) is 17.0 Å². The molecule has 0 saturated heterocycles. The minimum absolute atomic E-state index is 0.0786. The Hall–Kier alpha value is -3.20. The van der Waals surface area contributed by atoms with Gasteiger partial charge < -0.3 is 4.42 Å². The van der Waals surface area contributed by atoms with Gasteiger partial charge in [0, 0.05) is 32.9 Å². The molecule has 0 aliphatic rings. The van der Waals surface area contributed by atoms with Gasteiger partial charge in [-0.3, -0.25) is 20.2 Å². The van der Waals surface area contributed by atoms with Crippen molar-refractivity contribution in [1.29, 1.82) is 0 Å². The van der Waals surface area contributed by atoms with Crippen molar-refractivity contribution in [1.82, 2.24) is 10.2 Å². The smallest absolute Gasteiger partial charge is 0.322 e. The van der Waals surface area contributed by atoms with Gasteiger partial charge in [-0.2, -0.15) is 0 Å².